The molecule has 3 aromatic rings. The van der Waals surface area contributed by atoms with Crippen molar-refractivity contribution in [3.63, 3.8) is 0 Å². The summed E-state index contributed by atoms with van der Waals surface area (Å²) in [5, 5.41) is 15.3. The van der Waals surface area contributed by atoms with Gasteiger partial charge in [-0.1, -0.05) is 42.0 Å². The van der Waals surface area contributed by atoms with E-state index in [2.05, 4.69) is 70.2 Å². The van der Waals surface area contributed by atoms with Crippen molar-refractivity contribution in [1.29, 1.82) is 5.26 Å². The summed E-state index contributed by atoms with van der Waals surface area (Å²) in [5.74, 6) is 0. The number of nitrogens with one attached hydrogen (secondary N) is 1. The predicted octanol–water partition coefficient (Wildman–Crippen LogP) is 5.70. The third kappa shape index (κ3) is 3.83. The Morgan fingerprint density at radius 3 is 2.67 bits per heavy atom. The Kier molecular flexibility index (Phi) is 5.28. The highest BCUT2D eigenvalue weighted by atomic mass is 127. The van der Waals surface area contributed by atoms with Crippen molar-refractivity contribution in [1.82, 2.24) is 4.98 Å². The number of rotatable bonds is 4. The highest BCUT2D eigenvalue weighted by Gasteiger charge is 2.09. The molecular formula is C19H14IN3S. The Hall–Kier alpha value is -2.17. The summed E-state index contributed by atoms with van der Waals surface area (Å²) in [6, 6.07) is 18.4. The maximum absolute atomic E-state index is 9.45. The standard InChI is InChI=1S/C19H14IN3S/c1-13-6-8-14(9-7-13)18-12-24-19(23-18)15(10-21)11-22-17-5-3-2-4-16(17)20/h2-9,11-12,22H,1H3/b15-11+. The number of allylic oxidation sites excluding steroid dienone is 1. The van der Waals surface area contributed by atoms with E-state index >= 15 is 0 Å². The Bertz CT molecular complexity index is 920. The number of nitriles is 1. The zero-order valence-corrected chi connectivity index (χ0v) is 15.9. The van der Waals surface area contributed by atoms with Crippen LogP contribution in [-0.4, -0.2) is 4.98 Å². The Morgan fingerprint density at radius 1 is 1.21 bits per heavy atom. The molecule has 3 nitrogen and oxygen atoms in total. The van der Waals surface area contributed by atoms with Crippen LogP contribution in [0.25, 0.3) is 16.8 Å². The van der Waals surface area contributed by atoms with Crippen molar-refractivity contribution < 1.29 is 0 Å². The number of hydrogen-bond acceptors (Lipinski definition) is 4. The Morgan fingerprint density at radius 2 is 1.96 bits per heavy atom. The molecule has 0 aliphatic rings. The first-order valence-corrected chi connectivity index (χ1v) is 9.27. The number of aromatic nitrogens is 1. The molecule has 0 unspecified atom stereocenters. The summed E-state index contributed by atoms with van der Waals surface area (Å²) in [5.41, 5.74) is 4.67. The first-order valence-electron chi connectivity index (χ1n) is 7.31. The van der Waals surface area contributed by atoms with Gasteiger partial charge in [0.2, 0.25) is 0 Å². The summed E-state index contributed by atoms with van der Waals surface area (Å²) in [6.45, 7) is 2.06. The Labute approximate surface area is 158 Å². The van der Waals surface area contributed by atoms with Gasteiger partial charge in [-0.3, -0.25) is 0 Å². The quantitative estimate of drug-likeness (QED) is 0.416. The van der Waals surface area contributed by atoms with E-state index in [-0.39, 0.29) is 0 Å². The molecule has 0 fully saturated rings. The molecular weight excluding hydrogens is 429 g/mol. The van der Waals surface area contributed by atoms with Crippen LogP contribution in [0.3, 0.4) is 0 Å². The fourth-order valence-corrected chi connectivity index (χ4v) is 3.46. The molecule has 0 saturated carbocycles. The van der Waals surface area contributed by atoms with Crippen LogP contribution in [0.1, 0.15) is 10.6 Å². The van der Waals surface area contributed by atoms with Crippen molar-refractivity contribution in [2.45, 2.75) is 6.92 Å². The topological polar surface area (TPSA) is 48.7 Å². The summed E-state index contributed by atoms with van der Waals surface area (Å²) < 4.78 is 1.10. The minimum atomic E-state index is 0.526. The van der Waals surface area contributed by atoms with Gasteiger partial charge in [0.1, 0.15) is 16.6 Å². The fraction of sp³-hybridized carbons (Fsp3) is 0.0526. The largest absolute Gasteiger partial charge is 0.359 e. The van der Waals surface area contributed by atoms with Crippen molar-refractivity contribution in [2.24, 2.45) is 0 Å². The van der Waals surface area contributed by atoms with Gasteiger partial charge in [0.25, 0.3) is 0 Å². The minimum absolute atomic E-state index is 0.526. The molecule has 0 aliphatic heterocycles. The molecule has 5 heteroatoms. The molecule has 0 atom stereocenters. The molecule has 1 aromatic heterocycles. The number of benzene rings is 2. The lowest BCUT2D eigenvalue weighted by Crippen LogP contribution is -1.93. The predicted molar refractivity (Wildman–Crippen MR) is 109 cm³/mol. The molecule has 0 bridgehead atoms. The van der Waals surface area contributed by atoms with Gasteiger partial charge >= 0.3 is 0 Å². The average molecular weight is 443 g/mol. The molecule has 3 rings (SSSR count). The van der Waals surface area contributed by atoms with Crippen molar-refractivity contribution >= 4 is 45.2 Å². The van der Waals surface area contributed by atoms with Gasteiger partial charge in [0, 0.05) is 20.7 Å². The normalized spacial score (nSPS) is 11.1. The van der Waals surface area contributed by atoms with Crippen LogP contribution in [0.5, 0.6) is 0 Å². The monoisotopic (exact) mass is 443 g/mol. The second kappa shape index (κ2) is 7.60. The van der Waals surface area contributed by atoms with E-state index in [1.165, 1.54) is 16.9 Å². The lowest BCUT2D eigenvalue weighted by molar-refractivity contribution is 1.35. The van der Waals surface area contributed by atoms with E-state index < -0.39 is 0 Å². The lowest BCUT2D eigenvalue weighted by Gasteiger charge is -2.03. The van der Waals surface area contributed by atoms with E-state index in [0.717, 1.165) is 20.5 Å². The highest BCUT2D eigenvalue weighted by molar-refractivity contribution is 14.1. The number of thiazole rings is 1. The summed E-state index contributed by atoms with van der Waals surface area (Å²) in [6.07, 6.45) is 1.72. The number of anilines is 1. The minimum Gasteiger partial charge on any atom is -0.359 e. The molecule has 1 N–H and O–H groups in total. The SMILES string of the molecule is Cc1ccc(-c2csc(/C(C#N)=C/Nc3ccccc3I)n2)cc1. The van der Waals surface area contributed by atoms with E-state index in [1.54, 1.807) is 6.20 Å². The van der Waals surface area contributed by atoms with E-state index in [0.29, 0.717) is 10.6 Å². The molecule has 0 spiro atoms. The molecule has 0 radical (unpaired) electrons. The number of hydrogen-bond donors (Lipinski definition) is 1. The van der Waals surface area contributed by atoms with Crippen LogP contribution in [0.15, 0.2) is 60.1 Å². The number of nitrogens with zero attached hydrogens (tertiary/aromatic N) is 2. The third-order valence-corrected chi connectivity index (χ3v) is 5.26. The van der Waals surface area contributed by atoms with Crippen molar-refractivity contribution in [3.8, 4) is 17.3 Å². The van der Waals surface area contributed by atoms with Gasteiger partial charge in [-0.05, 0) is 41.6 Å². The van der Waals surface area contributed by atoms with E-state index in [4.69, 9.17) is 0 Å². The molecule has 0 saturated heterocycles. The number of aryl methyl sites for hydroxylation is 1. The first kappa shape index (κ1) is 16.7. The van der Waals surface area contributed by atoms with Gasteiger partial charge < -0.3 is 5.32 Å². The number of para-hydroxylation sites is 1. The van der Waals surface area contributed by atoms with E-state index in [1.807, 2.05) is 29.6 Å². The van der Waals surface area contributed by atoms with Crippen molar-refractivity contribution in [2.75, 3.05) is 5.32 Å². The van der Waals surface area contributed by atoms with Gasteiger partial charge in [-0.15, -0.1) is 11.3 Å². The smallest absolute Gasteiger partial charge is 0.136 e. The second-order valence-electron chi connectivity index (χ2n) is 5.20. The first-order chi connectivity index (χ1) is 11.7. The molecule has 0 aliphatic carbocycles. The van der Waals surface area contributed by atoms with Crippen LogP contribution in [0, 0.1) is 21.8 Å². The average Bonchev–Trinajstić information content (AvgIpc) is 3.07. The summed E-state index contributed by atoms with van der Waals surface area (Å²) in [7, 11) is 0. The maximum atomic E-state index is 9.45. The van der Waals surface area contributed by atoms with Crippen LogP contribution >= 0.6 is 33.9 Å². The third-order valence-electron chi connectivity index (χ3n) is 3.45. The molecule has 0 amide bonds. The lowest BCUT2D eigenvalue weighted by atomic mass is 10.1. The summed E-state index contributed by atoms with van der Waals surface area (Å²) in [4.78, 5) is 4.60. The highest BCUT2D eigenvalue weighted by Crippen LogP contribution is 2.26. The van der Waals surface area contributed by atoms with Crippen LogP contribution < -0.4 is 5.32 Å². The summed E-state index contributed by atoms with van der Waals surface area (Å²) >= 11 is 3.74. The fourth-order valence-electron chi connectivity index (χ4n) is 2.12. The Balaban J connectivity index is 1.84. The molecule has 1 heterocycles. The van der Waals surface area contributed by atoms with Gasteiger partial charge in [-0.25, -0.2) is 4.98 Å². The maximum Gasteiger partial charge on any atom is 0.136 e. The zero-order chi connectivity index (χ0) is 16.9. The van der Waals surface area contributed by atoms with Crippen LogP contribution in [0.2, 0.25) is 0 Å². The molecule has 2 aromatic carbocycles. The van der Waals surface area contributed by atoms with Gasteiger partial charge in [0.15, 0.2) is 0 Å². The number of halogens is 1. The second-order valence-corrected chi connectivity index (χ2v) is 7.22. The molecule has 24 heavy (non-hydrogen) atoms. The molecule has 118 valence electrons. The van der Waals surface area contributed by atoms with Crippen molar-refractivity contribution in [3.05, 3.63) is 74.3 Å². The van der Waals surface area contributed by atoms with Gasteiger partial charge in [-0.2, -0.15) is 5.26 Å². The zero-order valence-electron chi connectivity index (χ0n) is 13.0. The van der Waals surface area contributed by atoms with Crippen LogP contribution in [-0.2, 0) is 0 Å². The van der Waals surface area contributed by atoms with Gasteiger partial charge in [0.05, 0.1) is 11.4 Å². The van der Waals surface area contributed by atoms with E-state index in [9.17, 15) is 5.26 Å². The van der Waals surface area contributed by atoms with Crippen LogP contribution in [0.4, 0.5) is 5.69 Å².